The molecule has 1 aliphatic carbocycles. The average Bonchev–Trinajstić information content (AvgIpc) is 3.14. The molecule has 0 radical (unpaired) electrons. The lowest BCUT2D eigenvalue weighted by Crippen LogP contribution is -2.35. The molecule has 29 heavy (non-hydrogen) atoms. The molecule has 1 heterocycles. The predicted molar refractivity (Wildman–Crippen MR) is 102 cm³/mol. The lowest BCUT2D eigenvalue weighted by atomic mass is 9.98. The van der Waals surface area contributed by atoms with Crippen LogP contribution in [0.1, 0.15) is 88.1 Å². The Labute approximate surface area is 170 Å². The average molecular weight is 410 g/mol. The summed E-state index contributed by atoms with van der Waals surface area (Å²) in [6.07, 6.45) is 5.73. The molecule has 0 unspecified atom stereocenters. The molecule has 9 nitrogen and oxygen atoms in total. The fourth-order valence-corrected chi connectivity index (χ4v) is 3.04. The zero-order valence-electron chi connectivity index (χ0n) is 17.5. The van der Waals surface area contributed by atoms with E-state index in [2.05, 4.69) is 15.0 Å². The van der Waals surface area contributed by atoms with Crippen LogP contribution in [0.5, 0.6) is 0 Å². The van der Waals surface area contributed by atoms with Crippen LogP contribution in [0.15, 0.2) is 10.7 Å². The summed E-state index contributed by atoms with van der Waals surface area (Å²) in [5.74, 6) is -0.915. The van der Waals surface area contributed by atoms with Gasteiger partial charge in [-0.3, -0.25) is 4.79 Å². The van der Waals surface area contributed by atoms with E-state index in [1.54, 1.807) is 20.8 Å². The molecule has 1 amide bonds. The van der Waals surface area contributed by atoms with E-state index in [1.165, 1.54) is 13.5 Å². The van der Waals surface area contributed by atoms with Crippen molar-refractivity contribution in [3.8, 4) is 0 Å². The van der Waals surface area contributed by atoms with Crippen LogP contribution in [-0.2, 0) is 19.0 Å². The minimum atomic E-state index is -0.762. The first-order valence-electron chi connectivity index (χ1n) is 9.90. The quantitative estimate of drug-likeness (QED) is 0.534. The van der Waals surface area contributed by atoms with Gasteiger partial charge in [-0.1, -0.05) is 6.42 Å². The zero-order chi connectivity index (χ0) is 21.4. The van der Waals surface area contributed by atoms with Crippen molar-refractivity contribution in [3.63, 3.8) is 0 Å². The summed E-state index contributed by atoms with van der Waals surface area (Å²) >= 11 is 0. The Bertz CT molecular complexity index is 702. The van der Waals surface area contributed by atoms with E-state index in [4.69, 9.17) is 13.9 Å². The highest BCUT2D eigenvalue weighted by molar-refractivity contribution is 5.86. The van der Waals surface area contributed by atoms with Gasteiger partial charge in [0.15, 0.2) is 5.69 Å². The van der Waals surface area contributed by atoms with E-state index in [9.17, 15) is 14.4 Å². The molecule has 1 saturated carbocycles. The van der Waals surface area contributed by atoms with Crippen LogP contribution in [0, 0.1) is 0 Å². The van der Waals surface area contributed by atoms with Crippen molar-refractivity contribution in [2.45, 2.75) is 83.5 Å². The Morgan fingerprint density at radius 3 is 2.55 bits per heavy atom. The van der Waals surface area contributed by atoms with Crippen molar-refractivity contribution in [1.82, 2.24) is 10.3 Å². The van der Waals surface area contributed by atoms with Gasteiger partial charge in [0.2, 0.25) is 5.89 Å². The van der Waals surface area contributed by atoms with Crippen molar-refractivity contribution in [2.75, 3.05) is 7.11 Å². The Morgan fingerprint density at radius 2 is 1.93 bits per heavy atom. The van der Waals surface area contributed by atoms with E-state index in [0.717, 1.165) is 31.9 Å². The molecule has 0 aliphatic heterocycles. The second-order valence-electron chi connectivity index (χ2n) is 8.05. The standard InChI is InChI=1S/C20H30N2O7/c1-20(2,3)29-19(25)22-14(17-21-15(12-27-17)18(24)26-4)10-11-16(23)28-13-8-6-5-7-9-13/h12-14H,5-11H2,1-4H3,(H,22,25)/t14-/m0/s1. The Balaban J connectivity index is 2.01. The first-order valence-corrected chi connectivity index (χ1v) is 9.90. The molecule has 1 aromatic heterocycles. The number of alkyl carbamates (subject to hydrolysis) is 1. The van der Waals surface area contributed by atoms with Gasteiger partial charge in [-0.25, -0.2) is 14.6 Å². The van der Waals surface area contributed by atoms with E-state index < -0.39 is 23.7 Å². The smallest absolute Gasteiger partial charge is 0.408 e. The van der Waals surface area contributed by atoms with Crippen molar-refractivity contribution >= 4 is 18.0 Å². The largest absolute Gasteiger partial charge is 0.464 e. The number of oxazole rings is 1. The van der Waals surface area contributed by atoms with Gasteiger partial charge >= 0.3 is 18.0 Å². The van der Waals surface area contributed by atoms with Crippen LogP contribution < -0.4 is 5.32 Å². The van der Waals surface area contributed by atoms with Gasteiger partial charge in [-0.2, -0.15) is 0 Å². The molecule has 2 rings (SSSR count). The van der Waals surface area contributed by atoms with E-state index in [0.29, 0.717) is 0 Å². The highest BCUT2D eigenvalue weighted by Gasteiger charge is 2.27. The molecule has 9 heteroatoms. The summed E-state index contributed by atoms with van der Waals surface area (Å²) in [5.41, 5.74) is -0.717. The number of nitrogens with one attached hydrogen (secondary N) is 1. The van der Waals surface area contributed by atoms with Gasteiger partial charge < -0.3 is 23.9 Å². The molecular formula is C20H30N2O7. The van der Waals surface area contributed by atoms with Crippen LogP contribution in [0.3, 0.4) is 0 Å². The summed E-state index contributed by atoms with van der Waals surface area (Å²) in [7, 11) is 1.23. The molecule has 1 aromatic rings. The predicted octanol–water partition coefficient (Wildman–Crippen LogP) is 3.68. The van der Waals surface area contributed by atoms with Crippen molar-refractivity contribution in [1.29, 1.82) is 0 Å². The lowest BCUT2D eigenvalue weighted by Gasteiger charge is -2.23. The van der Waals surface area contributed by atoms with Gasteiger partial charge in [0, 0.05) is 6.42 Å². The summed E-state index contributed by atoms with van der Waals surface area (Å²) in [6.45, 7) is 5.22. The highest BCUT2D eigenvalue weighted by Crippen LogP contribution is 2.23. The molecule has 1 atom stereocenters. The number of rotatable bonds is 7. The third-order valence-corrected chi connectivity index (χ3v) is 4.39. The normalized spacial score (nSPS) is 16.0. The van der Waals surface area contributed by atoms with E-state index in [1.807, 2.05) is 0 Å². The molecule has 1 aliphatic rings. The first-order chi connectivity index (χ1) is 13.7. The number of hydrogen-bond acceptors (Lipinski definition) is 8. The maximum absolute atomic E-state index is 12.2. The summed E-state index contributed by atoms with van der Waals surface area (Å²) < 4.78 is 20.7. The number of esters is 2. The van der Waals surface area contributed by atoms with Crippen molar-refractivity contribution in [3.05, 3.63) is 17.8 Å². The number of nitrogens with zero attached hydrogens (tertiary/aromatic N) is 1. The lowest BCUT2D eigenvalue weighted by molar-refractivity contribution is -0.150. The molecular weight excluding hydrogens is 380 g/mol. The van der Waals surface area contributed by atoms with Crippen molar-refractivity contribution < 1.29 is 33.0 Å². The highest BCUT2D eigenvalue weighted by atomic mass is 16.6. The number of hydrogen-bond donors (Lipinski definition) is 1. The van der Waals surface area contributed by atoms with Gasteiger partial charge in [0.25, 0.3) is 0 Å². The zero-order valence-corrected chi connectivity index (χ0v) is 17.5. The number of carbonyl (C=O) groups is 3. The van der Waals surface area contributed by atoms with Crippen LogP contribution in [0.2, 0.25) is 0 Å². The summed E-state index contributed by atoms with van der Waals surface area (Å²) in [5, 5.41) is 2.64. The van der Waals surface area contributed by atoms with Gasteiger partial charge in [-0.15, -0.1) is 0 Å². The Morgan fingerprint density at radius 1 is 1.24 bits per heavy atom. The maximum Gasteiger partial charge on any atom is 0.408 e. The second-order valence-corrected chi connectivity index (χ2v) is 8.05. The molecule has 0 saturated heterocycles. The third-order valence-electron chi connectivity index (χ3n) is 4.39. The Hall–Kier alpha value is -2.58. The minimum Gasteiger partial charge on any atom is -0.464 e. The fourth-order valence-electron chi connectivity index (χ4n) is 3.04. The van der Waals surface area contributed by atoms with Crippen molar-refractivity contribution in [2.24, 2.45) is 0 Å². The van der Waals surface area contributed by atoms with Crippen LogP contribution in [0.25, 0.3) is 0 Å². The molecule has 162 valence electrons. The fraction of sp³-hybridized carbons (Fsp3) is 0.700. The van der Waals surface area contributed by atoms with Gasteiger partial charge in [-0.05, 0) is 52.9 Å². The maximum atomic E-state index is 12.2. The van der Waals surface area contributed by atoms with Crippen LogP contribution in [0.4, 0.5) is 4.79 Å². The van der Waals surface area contributed by atoms with Crippen LogP contribution in [-0.4, -0.2) is 41.8 Å². The van der Waals surface area contributed by atoms with Gasteiger partial charge in [0.05, 0.1) is 7.11 Å². The molecule has 0 spiro atoms. The van der Waals surface area contributed by atoms with Crippen LogP contribution >= 0.6 is 0 Å². The number of ether oxygens (including phenoxy) is 3. The Kier molecular flexibility index (Phi) is 8.04. The topological polar surface area (TPSA) is 117 Å². The minimum absolute atomic E-state index is 0.0247. The van der Waals surface area contributed by atoms with Gasteiger partial charge in [0.1, 0.15) is 24.0 Å². The summed E-state index contributed by atoms with van der Waals surface area (Å²) in [6, 6.07) is -0.762. The van der Waals surface area contributed by atoms with E-state index in [-0.39, 0.29) is 36.5 Å². The molecule has 0 aromatic carbocycles. The third kappa shape index (κ3) is 7.75. The molecule has 1 N–H and O–H groups in total. The number of amides is 1. The number of methoxy groups -OCH3 is 1. The molecule has 0 bridgehead atoms. The van der Waals surface area contributed by atoms with E-state index >= 15 is 0 Å². The monoisotopic (exact) mass is 410 g/mol. The summed E-state index contributed by atoms with van der Waals surface area (Å²) in [4.78, 5) is 40.1. The number of carbonyl (C=O) groups excluding carboxylic acids is 3. The molecule has 1 fully saturated rings. The first kappa shape index (κ1) is 22.7. The SMILES string of the molecule is COC(=O)c1coc([C@H](CCC(=O)OC2CCCCC2)NC(=O)OC(C)(C)C)n1. The number of aromatic nitrogens is 1. The second kappa shape index (κ2) is 10.3.